The molecule has 3 N–H and O–H groups in total. The van der Waals surface area contributed by atoms with Crippen LogP contribution >= 0.6 is 0 Å². The smallest absolute Gasteiger partial charge is 0.290 e. The Labute approximate surface area is 185 Å². The highest BCUT2D eigenvalue weighted by molar-refractivity contribution is 5.74. The van der Waals surface area contributed by atoms with Crippen LogP contribution < -0.4 is 10.5 Å². The van der Waals surface area contributed by atoms with Crippen molar-refractivity contribution in [3.63, 3.8) is 0 Å². The summed E-state index contributed by atoms with van der Waals surface area (Å²) in [6, 6.07) is 20.9. The third kappa shape index (κ3) is 5.66. The van der Waals surface area contributed by atoms with Crippen LogP contribution in [0.3, 0.4) is 0 Å². The lowest BCUT2D eigenvalue weighted by molar-refractivity contribution is -0.122. The number of carboxylic acid groups (broad SMARTS) is 1. The maximum absolute atomic E-state index is 14.8. The monoisotopic (exact) mass is 431 g/mol. The molecule has 1 aromatic heterocycles. The van der Waals surface area contributed by atoms with Crippen LogP contribution in [0.25, 0.3) is 22.3 Å². The zero-order valence-corrected chi connectivity index (χ0v) is 17.4. The number of carbonyl (C=O) groups is 1. The van der Waals surface area contributed by atoms with Crippen LogP contribution in [0.1, 0.15) is 11.1 Å². The van der Waals surface area contributed by atoms with E-state index in [1.165, 1.54) is 24.0 Å². The van der Waals surface area contributed by atoms with Gasteiger partial charge in [0.15, 0.2) is 0 Å². The van der Waals surface area contributed by atoms with Gasteiger partial charge >= 0.3 is 0 Å². The summed E-state index contributed by atoms with van der Waals surface area (Å²) in [5.74, 6) is 0.505. The van der Waals surface area contributed by atoms with E-state index in [0.717, 1.165) is 16.7 Å². The third-order valence-corrected chi connectivity index (χ3v) is 4.66. The number of hydrogen-bond donors (Lipinski definition) is 2. The number of nitrogen functional groups attached to an aromatic ring is 1. The molecule has 7 heteroatoms. The van der Waals surface area contributed by atoms with Crippen LogP contribution in [0.2, 0.25) is 0 Å². The first-order chi connectivity index (χ1) is 15.5. The molecule has 0 aliphatic heterocycles. The Balaban J connectivity index is 0.000000913. The molecular weight excluding hydrogens is 409 g/mol. The Kier molecular flexibility index (Phi) is 7.48. The summed E-state index contributed by atoms with van der Waals surface area (Å²) in [5, 5.41) is 6.89. The number of aromatic nitrogens is 2. The average Bonchev–Trinajstić information content (AvgIpc) is 2.80. The Hall–Kier alpha value is -4.26. The highest BCUT2D eigenvalue weighted by Gasteiger charge is 2.11. The lowest BCUT2D eigenvalue weighted by Crippen LogP contribution is -1.97. The van der Waals surface area contributed by atoms with E-state index in [1.807, 2.05) is 42.5 Å². The van der Waals surface area contributed by atoms with E-state index in [4.69, 9.17) is 20.4 Å². The predicted octanol–water partition coefficient (Wildman–Crippen LogP) is 5.12. The quantitative estimate of drug-likeness (QED) is 0.426. The van der Waals surface area contributed by atoms with Crippen molar-refractivity contribution < 1.29 is 19.0 Å². The zero-order chi connectivity index (χ0) is 22.9. The van der Waals surface area contributed by atoms with Gasteiger partial charge < -0.3 is 15.6 Å². The standard InChI is InChI=1S/C24H20FN3O.CH2O2/c1-16-6-8-17(9-7-16)15-29-23-5-3-2-4-21(23)18-10-11-20(22(25)12-18)19-13-27-24(26)28-14-19;2-1-3/h2-14H,15H2,1H3,(H2,26,27,28);1H,(H,2,3). The molecule has 0 saturated carbocycles. The molecule has 32 heavy (non-hydrogen) atoms. The zero-order valence-electron chi connectivity index (χ0n) is 17.4. The molecule has 4 aromatic rings. The Morgan fingerprint density at radius 1 is 0.969 bits per heavy atom. The van der Waals surface area contributed by atoms with Gasteiger partial charge in [-0.15, -0.1) is 0 Å². The highest BCUT2D eigenvalue weighted by Crippen LogP contribution is 2.33. The molecule has 6 nitrogen and oxygen atoms in total. The van der Waals surface area contributed by atoms with E-state index in [2.05, 4.69) is 29.0 Å². The minimum absolute atomic E-state index is 0.158. The Morgan fingerprint density at radius 3 is 2.28 bits per heavy atom. The lowest BCUT2D eigenvalue weighted by atomic mass is 10.0. The van der Waals surface area contributed by atoms with Gasteiger partial charge in [-0.25, -0.2) is 14.4 Å². The molecule has 3 aromatic carbocycles. The Morgan fingerprint density at radius 2 is 1.62 bits per heavy atom. The van der Waals surface area contributed by atoms with Gasteiger partial charge in [-0.2, -0.15) is 0 Å². The lowest BCUT2D eigenvalue weighted by Gasteiger charge is -2.13. The predicted molar refractivity (Wildman–Crippen MR) is 121 cm³/mol. The van der Waals surface area contributed by atoms with Gasteiger partial charge in [0.2, 0.25) is 5.95 Å². The van der Waals surface area contributed by atoms with Crippen LogP contribution in [0, 0.1) is 12.7 Å². The van der Waals surface area contributed by atoms with E-state index in [0.29, 0.717) is 23.5 Å². The van der Waals surface area contributed by atoms with Gasteiger partial charge in [-0.1, -0.05) is 60.2 Å². The number of nitrogens with two attached hydrogens (primary N) is 1. The number of halogens is 1. The van der Waals surface area contributed by atoms with Crippen molar-refractivity contribution in [1.29, 1.82) is 0 Å². The number of ether oxygens (including phenoxy) is 1. The first kappa shape index (κ1) is 22.4. The molecule has 1 heterocycles. The molecule has 0 amide bonds. The largest absolute Gasteiger partial charge is 0.488 e. The van der Waals surface area contributed by atoms with Crippen LogP contribution in [0.5, 0.6) is 5.75 Å². The Bertz CT molecular complexity index is 1180. The van der Waals surface area contributed by atoms with Crippen LogP contribution in [-0.2, 0) is 11.4 Å². The average molecular weight is 431 g/mol. The minimum Gasteiger partial charge on any atom is -0.488 e. The summed E-state index contributed by atoms with van der Waals surface area (Å²) in [5.41, 5.74) is 10.4. The summed E-state index contributed by atoms with van der Waals surface area (Å²) in [7, 11) is 0. The molecule has 162 valence electrons. The van der Waals surface area contributed by atoms with Gasteiger partial charge in [0.1, 0.15) is 18.2 Å². The fourth-order valence-corrected chi connectivity index (χ4v) is 3.07. The molecule has 0 aliphatic carbocycles. The molecule has 0 bridgehead atoms. The van der Waals surface area contributed by atoms with Gasteiger partial charge in [-0.05, 0) is 30.2 Å². The van der Waals surface area contributed by atoms with Gasteiger partial charge in [-0.3, -0.25) is 4.79 Å². The van der Waals surface area contributed by atoms with Crippen molar-refractivity contribution >= 4 is 12.4 Å². The number of para-hydroxylation sites is 1. The van der Waals surface area contributed by atoms with Gasteiger partial charge in [0, 0.05) is 29.1 Å². The normalized spacial score (nSPS) is 10.1. The fraction of sp³-hybridized carbons (Fsp3) is 0.0800. The number of nitrogens with zero attached hydrogens (tertiary/aromatic N) is 2. The highest BCUT2D eigenvalue weighted by atomic mass is 19.1. The van der Waals surface area contributed by atoms with Gasteiger partial charge in [0.05, 0.1) is 0 Å². The number of benzene rings is 3. The molecule has 0 unspecified atom stereocenters. The third-order valence-electron chi connectivity index (χ3n) is 4.66. The maximum atomic E-state index is 14.8. The first-order valence-corrected chi connectivity index (χ1v) is 9.75. The molecule has 0 saturated heterocycles. The maximum Gasteiger partial charge on any atom is 0.290 e. The van der Waals surface area contributed by atoms with Crippen molar-refractivity contribution in [2.45, 2.75) is 13.5 Å². The van der Waals surface area contributed by atoms with Crippen molar-refractivity contribution in [3.05, 3.63) is 96.1 Å². The van der Waals surface area contributed by atoms with E-state index >= 15 is 0 Å². The molecule has 4 rings (SSSR count). The van der Waals surface area contributed by atoms with E-state index < -0.39 is 0 Å². The van der Waals surface area contributed by atoms with Crippen molar-refractivity contribution in [1.82, 2.24) is 9.97 Å². The van der Waals surface area contributed by atoms with E-state index in [-0.39, 0.29) is 18.2 Å². The summed E-state index contributed by atoms with van der Waals surface area (Å²) in [4.78, 5) is 16.2. The summed E-state index contributed by atoms with van der Waals surface area (Å²) in [6.07, 6.45) is 3.03. The van der Waals surface area contributed by atoms with Gasteiger partial charge in [0.25, 0.3) is 6.47 Å². The number of aryl methyl sites for hydroxylation is 1. The molecule has 0 aliphatic rings. The molecule has 0 spiro atoms. The SMILES string of the molecule is Cc1ccc(COc2ccccc2-c2ccc(-c3cnc(N)nc3)c(F)c2)cc1.O=CO. The molecular formula is C25H22FN3O3. The number of hydrogen-bond acceptors (Lipinski definition) is 5. The number of rotatable bonds is 5. The second kappa shape index (κ2) is 10.7. The summed E-state index contributed by atoms with van der Waals surface area (Å²) in [6.45, 7) is 2.25. The van der Waals surface area contributed by atoms with E-state index in [9.17, 15) is 4.39 Å². The van der Waals surface area contributed by atoms with Crippen LogP contribution in [0.4, 0.5) is 10.3 Å². The van der Waals surface area contributed by atoms with Crippen molar-refractivity contribution in [2.24, 2.45) is 0 Å². The van der Waals surface area contributed by atoms with E-state index in [1.54, 1.807) is 6.07 Å². The molecule has 0 atom stereocenters. The molecule has 0 radical (unpaired) electrons. The summed E-state index contributed by atoms with van der Waals surface area (Å²) >= 11 is 0. The second-order valence-electron chi connectivity index (χ2n) is 6.90. The second-order valence-corrected chi connectivity index (χ2v) is 6.90. The van der Waals surface area contributed by atoms with Crippen LogP contribution in [0.15, 0.2) is 79.1 Å². The van der Waals surface area contributed by atoms with Crippen molar-refractivity contribution in [2.75, 3.05) is 5.73 Å². The first-order valence-electron chi connectivity index (χ1n) is 9.75. The molecule has 0 fully saturated rings. The number of anilines is 1. The van der Waals surface area contributed by atoms with Crippen LogP contribution in [-0.4, -0.2) is 21.5 Å². The van der Waals surface area contributed by atoms with Crippen molar-refractivity contribution in [3.8, 4) is 28.0 Å². The topological polar surface area (TPSA) is 98.3 Å². The summed E-state index contributed by atoms with van der Waals surface area (Å²) < 4.78 is 20.8. The fourth-order valence-electron chi connectivity index (χ4n) is 3.07. The minimum atomic E-state index is -0.357.